The largest absolute Gasteiger partial charge is 0.367 e. The Hall–Kier alpha value is -1.62. The van der Waals surface area contributed by atoms with Gasteiger partial charge in [0.05, 0.1) is 0 Å². The molecule has 0 bridgehead atoms. The monoisotopic (exact) mass is 221 g/mol. The predicted octanol–water partition coefficient (Wildman–Crippen LogP) is -0.143. The Labute approximate surface area is 93.3 Å². The van der Waals surface area contributed by atoms with Crippen LogP contribution < -0.4 is 16.1 Å². The Morgan fingerprint density at radius 3 is 2.81 bits per heavy atom. The van der Waals surface area contributed by atoms with Gasteiger partial charge in [0.2, 0.25) is 0 Å². The zero-order valence-corrected chi connectivity index (χ0v) is 8.95. The molecular formula is C11H15N3O2. The number of pyridine rings is 1. The van der Waals surface area contributed by atoms with Crippen LogP contribution in [0.25, 0.3) is 0 Å². The van der Waals surface area contributed by atoms with Crippen molar-refractivity contribution in [3.05, 3.63) is 34.2 Å². The van der Waals surface area contributed by atoms with E-state index in [4.69, 9.17) is 0 Å². The summed E-state index contributed by atoms with van der Waals surface area (Å²) >= 11 is 0. The molecule has 0 unspecified atom stereocenters. The SMILES string of the molecule is O=C(NC1CCNCC1)c1c[nH]ccc1=O. The lowest BCUT2D eigenvalue weighted by Gasteiger charge is -2.23. The van der Waals surface area contributed by atoms with Crippen molar-refractivity contribution < 1.29 is 4.79 Å². The molecule has 0 aromatic carbocycles. The first-order valence-electron chi connectivity index (χ1n) is 5.46. The van der Waals surface area contributed by atoms with Crippen LogP contribution in [0, 0.1) is 0 Å². The molecule has 86 valence electrons. The molecule has 0 radical (unpaired) electrons. The lowest BCUT2D eigenvalue weighted by molar-refractivity contribution is 0.0928. The molecule has 5 nitrogen and oxygen atoms in total. The van der Waals surface area contributed by atoms with Crippen LogP contribution in [0.2, 0.25) is 0 Å². The van der Waals surface area contributed by atoms with Crippen LogP contribution >= 0.6 is 0 Å². The van der Waals surface area contributed by atoms with E-state index in [0.717, 1.165) is 25.9 Å². The fraction of sp³-hybridized carbons (Fsp3) is 0.455. The van der Waals surface area contributed by atoms with Gasteiger partial charge in [0.25, 0.3) is 5.91 Å². The molecule has 3 N–H and O–H groups in total. The summed E-state index contributed by atoms with van der Waals surface area (Å²) in [6.07, 6.45) is 4.79. The molecule has 0 atom stereocenters. The number of carbonyl (C=O) groups excluding carboxylic acids is 1. The van der Waals surface area contributed by atoms with E-state index in [2.05, 4.69) is 15.6 Å². The minimum Gasteiger partial charge on any atom is -0.367 e. The summed E-state index contributed by atoms with van der Waals surface area (Å²) in [5.41, 5.74) is -0.0637. The number of carbonyl (C=O) groups is 1. The molecule has 1 aliphatic rings. The van der Waals surface area contributed by atoms with Crippen molar-refractivity contribution >= 4 is 5.91 Å². The number of nitrogens with one attached hydrogen (secondary N) is 3. The fourth-order valence-corrected chi connectivity index (χ4v) is 1.82. The fourth-order valence-electron chi connectivity index (χ4n) is 1.82. The van der Waals surface area contributed by atoms with Gasteiger partial charge in [-0.1, -0.05) is 0 Å². The van der Waals surface area contributed by atoms with E-state index >= 15 is 0 Å². The molecule has 1 saturated heterocycles. The number of piperidine rings is 1. The molecule has 1 aromatic heterocycles. The summed E-state index contributed by atoms with van der Waals surface area (Å²) in [7, 11) is 0. The average Bonchev–Trinajstić information content (AvgIpc) is 2.31. The number of rotatable bonds is 2. The maximum absolute atomic E-state index is 11.8. The van der Waals surface area contributed by atoms with Crippen LogP contribution in [0.3, 0.4) is 0 Å². The summed E-state index contributed by atoms with van der Waals surface area (Å²) in [4.78, 5) is 25.9. The summed E-state index contributed by atoms with van der Waals surface area (Å²) < 4.78 is 0. The van der Waals surface area contributed by atoms with Crippen LogP contribution in [0.5, 0.6) is 0 Å². The quantitative estimate of drug-likeness (QED) is 0.650. The highest BCUT2D eigenvalue weighted by atomic mass is 16.2. The van der Waals surface area contributed by atoms with E-state index < -0.39 is 0 Å². The Balaban J connectivity index is 2.02. The second-order valence-electron chi connectivity index (χ2n) is 3.92. The number of H-pyrrole nitrogens is 1. The Bertz CT molecular complexity index is 421. The Morgan fingerprint density at radius 1 is 1.38 bits per heavy atom. The highest BCUT2D eigenvalue weighted by molar-refractivity contribution is 5.93. The van der Waals surface area contributed by atoms with Crippen molar-refractivity contribution in [2.45, 2.75) is 18.9 Å². The van der Waals surface area contributed by atoms with Crippen molar-refractivity contribution in [2.24, 2.45) is 0 Å². The number of aromatic nitrogens is 1. The first-order chi connectivity index (χ1) is 7.77. The number of hydrogen-bond acceptors (Lipinski definition) is 3. The molecule has 1 amide bonds. The third-order valence-electron chi connectivity index (χ3n) is 2.74. The van der Waals surface area contributed by atoms with Crippen LogP contribution in [-0.2, 0) is 0 Å². The van der Waals surface area contributed by atoms with Crippen LogP contribution in [0.15, 0.2) is 23.3 Å². The van der Waals surface area contributed by atoms with E-state index in [9.17, 15) is 9.59 Å². The summed E-state index contributed by atoms with van der Waals surface area (Å²) in [6, 6.07) is 1.53. The van der Waals surface area contributed by atoms with Gasteiger partial charge in [0.1, 0.15) is 5.56 Å². The number of amides is 1. The molecule has 5 heteroatoms. The van der Waals surface area contributed by atoms with Gasteiger partial charge >= 0.3 is 0 Å². The first-order valence-corrected chi connectivity index (χ1v) is 5.46. The van der Waals surface area contributed by atoms with Crippen molar-refractivity contribution in [3.8, 4) is 0 Å². The van der Waals surface area contributed by atoms with E-state index in [1.54, 1.807) is 0 Å². The standard InChI is InChI=1S/C11H15N3O2/c15-10-3-6-13-7-9(10)11(16)14-8-1-4-12-5-2-8/h3,6-8,12H,1-2,4-5H2,(H,13,15)(H,14,16). The maximum atomic E-state index is 11.8. The Kier molecular flexibility index (Phi) is 3.36. The van der Waals surface area contributed by atoms with Crippen molar-refractivity contribution in [1.82, 2.24) is 15.6 Å². The van der Waals surface area contributed by atoms with Gasteiger partial charge in [-0.15, -0.1) is 0 Å². The van der Waals surface area contributed by atoms with Crippen LogP contribution in [-0.4, -0.2) is 30.0 Å². The predicted molar refractivity (Wildman–Crippen MR) is 60.4 cm³/mol. The zero-order chi connectivity index (χ0) is 11.4. The second-order valence-corrected chi connectivity index (χ2v) is 3.92. The third-order valence-corrected chi connectivity index (χ3v) is 2.74. The van der Waals surface area contributed by atoms with E-state index in [0.29, 0.717) is 0 Å². The molecular weight excluding hydrogens is 206 g/mol. The zero-order valence-electron chi connectivity index (χ0n) is 8.95. The van der Waals surface area contributed by atoms with Crippen molar-refractivity contribution in [2.75, 3.05) is 13.1 Å². The van der Waals surface area contributed by atoms with Gasteiger partial charge in [-0.3, -0.25) is 9.59 Å². The Morgan fingerprint density at radius 2 is 2.12 bits per heavy atom. The summed E-state index contributed by atoms with van der Waals surface area (Å²) in [6.45, 7) is 1.83. The molecule has 0 spiro atoms. The molecule has 1 aromatic rings. The number of aromatic amines is 1. The van der Waals surface area contributed by atoms with Gasteiger partial charge < -0.3 is 15.6 Å². The molecule has 0 saturated carbocycles. The average molecular weight is 221 g/mol. The highest BCUT2D eigenvalue weighted by Crippen LogP contribution is 2.02. The van der Waals surface area contributed by atoms with E-state index in [1.807, 2.05) is 0 Å². The molecule has 2 heterocycles. The maximum Gasteiger partial charge on any atom is 0.256 e. The van der Waals surface area contributed by atoms with E-state index in [-0.39, 0.29) is 22.9 Å². The van der Waals surface area contributed by atoms with Gasteiger partial charge in [0.15, 0.2) is 5.43 Å². The normalized spacial score (nSPS) is 17.0. The molecule has 2 rings (SSSR count). The van der Waals surface area contributed by atoms with Crippen LogP contribution in [0.4, 0.5) is 0 Å². The smallest absolute Gasteiger partial charge is 0.256 e. The minimum atomic E-state index is -0.284. The molecule has 0 aliphatic carbocycles. The lowest BCUT2D eigenvalue weighted by Crippen LogP contribution is -2.43. The summed E-state index contributed by atoms with van der Waals surface area (Å²) in [5, 5.41) is 6.10. The number of hydrogen-bond donors (Lipinski definition) is 3. The third kappa shape index (κ3) is 2.49. The van der Waals surface area contributed by atoms with Crippen molar-refractivity contribution in [1.29, 1.82) is 0 Å². The van der Waals surface area contributed by atoms with Gasteiger partial charge in [-0.05, 0) is 25.9 Å². The van der Waals surface area contributed by atoms with Gasteiger partial charge in [0, 0.05) is 24.5 Å². The van der Waals surface area contributed by atoms with Crippen molar-refractivity contribution in [3.63, 3.8) is 0 Å². The van der Waals surface area contributed by atoms with Gasteiger partial charge in [-0.2, -0.15) is 0 Å². The molecule has 1 aliphatic heterocycles. The topological polar surface area (TPSA) is 74.0 Å². The molecule has 1 fully saturated rings. The first kappa shape index (κ1) is 10.9. The second kappa shape index (κ2) is 4.94. The van der Waals surface area contributed by atoms with Crippen LogP contribution in [0.1, 0.15) is 23.2 Å². The minimum absolute atomic E-state index is 0.174. The highest BCUT2D eigenvalue weighted by Gasteiger charge is 2.17. The molecule has 16 heavy (non-hydrogen) atoms. The van der Waals surface area contributed by atoms with Gasteiger partial charge in [-0.25, -0.2) is 0 Å². The lowest BCUT2D eigenvalue weighted by atomic mass is 10.1. The summed E-state index contributed by atoms with van der Waals surface area (Å²) in [5.74, 6) is -0.284. The van der Waals surface area contributed by atoms with E-state index in [1.165, 1.54) is 18.5 Å².